The number of carbonyl (C=O) groups excluding carboxylic acids is 2. The van der Waals surface area contributed by atoms with E-state index in [1.807, 2.05) is 0 Å². The molecule has 1 aromatic carbocycles. The molecule has 2 aliphatic rings. The summed E-state index contributed by atoms with van der Waals surface area (Å²) in [6.07, 6.45) is 0.821. The van der Waals surface area contributed by atoms with Crippen LogP contribution in [0.4, 0.5) is 5.69 Å². The molecular formula is C18H21N5O3. The molecule has 26 heavy (non-hydrogen) atoms. The van der Waals surface area contributed by atoms with Crippen LogP contribution in [0.2, 0.25) is 0 Å². The molecule has 0 bridgehead atoms. The van der Waals surface area contributed by atoms with Gasteiger partial charge in [-0.25, -0.2) is 0 Å². The number of aromatic nitrogens is 2. The maximum atomic E-state index is 12.8. The second kappa shape index (κ2) is 7.27. The summed E-state index contributed by atoms with van der Waals surface area (Å²) in [5.74, 6) is -0.414. The highest BCUT2D eigenvalue weighted by atomic mass is 16.5. The topological polar surface area (TPSA) is 99.3 Å². The molecule has 0 saturated carbocycles. The van der Waals surface area contributed by atoms with Crippen LogP contribution < -0.4 is 10.6 Å². The number of carbonyl (C=O) groups is 2. The quantitative estimate of drug-likeness (QED) is 0.756. The Bertz CT molecular complexity index is 826. The number of anilines is 1. The van der Waals surface area contributed by atoms with Gasteiger partial charge in [0.15, 0.2) is 5.69 Å². The third kappa shape index (κ3) is 3.21. The van der Waals surface area contributed by atoms with Gasteiger partial charge in [0.2, 0.25) is 0 Å². The first kappa shape index (κ1) is 16.7. The van der Waals surface area contributed by atoms with E-state index in [9.17, 15) is 9.59 Å². The molecule has 2 aliphatic heterocycles. The van der Waals surface area contributed by atoms with Gasteiger partial charge in [-0.3, -0.25) is 14.7 Å². The molecule has 0 atom stereocenters. The van der Waals surface area contributed by atoms with E-state index in [2.05, 4.69) is 20.8 Å². The fourth-order valence-corrected chi connectivity index (χ4v) is 3.31. The summed E-state index contributed by atoms with van der Waals surface area (Å²) in [6.45, 7) is 3.66. The summed E-state index contributed by atoms with van der Waals surface area (Å²) in [5.41, 5.74) is 3.23. The van der Waals surface area contributed by atoms with Crippen LogP contribution in [0.5, 0.6) is 0 Å². The lowest BCUT2D eigenvalue weighted by Crippen LogP contribution is -2.41. The number of amides is 2. The van der Waals surface area contributed by atoms with Crippen LogP contribution in [0.25, 0.3) is 0 Å². The number of ether oxygens (including phenoxy) is 1. The van der Waals surface area contributed by atoms with Gasteiger partial charge >= 0.3 is 0 Å². The van der Waals surface area contributed by atoms with Crippen molar-refractivity contribution in [1.29, 1.82) is 0 Å². The highest BCUT2D eigenvalue weighted by molar-refractivity contribution is 6.08. The van der Waals surface area contributed by atoms with Gasteiger partial charge < -0.3 is 20.3 Å². The number of morpholine rings is 1. The Balaban J connectivity index is 1.56. The highest BCUT2D eigenvalue weighted by Crippen LogP contribution is 2.21. The Morgan fingerprint density at radius 1 is 1.19 bits per heavy atom. The SMILES string of the molecule is O=C(Nc1ccccc1C(=O)N1CCOCC1)c1n[nH]c2c1CNCC2. The van der Waals surface area contributed by atoms with Crippen LogP contribution in [0.1, 0.15) is 32.1 Å². The Morgan fingerprint density at radius 3 is 2.85 bits per heavy atom. The average Bonchev–Trinajstić information content (AvgIpc) is 3.13. The lowest BCUT2D eigenvalue weighted by Gasteiger charge is -2.27. The molecule has 0 radical (unpaired) electrons. The number of benzene rings is 1. The largest absolute Gasteiger partial charge is 0.378 e. The molecule has 3 N–H and O–H groups in total. The standard InChI is InChI=1S/C18H21N5O3/c24-17(16-13-11-19-6-5-15(13)21-22-16)20-14-4-2-1-3-12(14)18(25)23-7-9-26-10-8-23/h1-4,19H,5-11H2,(H,20,24)(H,21,22). The van der Waals surface area contributed by atoms with Crippen LogP contribution in [0, 0.1) is 0 Å². The third-order valence-electron chi connectivity index (χ3n) is 4.73. The molecule has 8 heteroatoms. The van der Waals surface area contributed by atoms with E-state index >= 15 is 0 Å². The van der Waals surface area contributed by atoms with Crippen molar-refractivity contribution in [2.24, 2.45) is 0 Å². The normalized spacial score (nSPS) is 16.8. The molecule has 4 rings (SSSR count). The first-order valence-electron chi connectivity index (χ1n) is 8.78. The van der Waals surface area contributed by atoms with Crippen molar-refractivity contribution in [3.63, 3.8) is 0 Å². The van der Waals surface area contributed by atoms with Crippen molar-refractivity contribution in [2.45, 2.75) is 13.0 Å². The maximum absolute atomic E-state index is 12.8. The van der Waals surface area contributed by atoms with Gasteiger partial charge in [0.05, 0.1) is 24.5 Å². The van der Waals surface area contributed by atoms with Crippen molar-refractivity contribution >= 4 is 17.5 Å². The maximum Gasteiger partial charge on any atom is 0.276 e. The molecule has 8 nitrogen and oxygen atoms in total. The molecule has 136 valence electrons. The highest BCUT2D eigenvalue weighted by Gasteiger charge is 2.24. The first-order chi connectivity index (χ1) is 12.7. The Morgan fingerprint density at radius 2 is 2.00 bits per heavy atom. The lowest BCUT2D eigenvalue weighted by molar-refractivity contribution is 0.0303. The molecule has 1 fully saturated rings. The van der Waals surface area contributed by atoms with Crippen LogP contribution in [-0.4, -0.2) is 59.8 Å². The number of H-pyrrole nitrogens is 1. The molecular weight excluding hydrogens is 334 g/mol. The van der Waals surface area contributed by atoms with E-state index in [0.29, 0.717) is 49.8 Å². The zero-order valence-corrected chi connectivity index (χ0v) is 14.4. The van der Waals surface area contributed by atoms with E-state index in [1.165, 1.54) is 0 Å². The van der Waals surface area contributed by atoms with Crippen molar-refractivity contribution in [1.82, 2.24) is 20.4 Å². The van der Waals surface area contributed by atoms with Gasteiger partial charge in [-0.1, -0.05) is 12.1 Å². The molecule has 3 heterocycles. The van der Waals surface area contributed by atoms with Crippen molar-refractivity contribution in [2.75, 3.05) is 38.2 Å². The van der Waals surface area contributed by atoms with Crippen LogP contribution in [0.15, 0.2) is 24.3 Å². The number of hydrogen-bond donors (Lipinski definition) is 3. The third-order valence-corrected chi connectivity index (χ3v) is 4.73. The molecule has 0 aliphatic carbocycles. The molecule has 1 saturated heterocycles. The van der Waals surface area contributed by atoms with E-state index in [1.54, 1.807) is 29.2 Å². The monoisotopic (exact) mass is 355 g/mol. The van der Waals surface area contributed by atoms with Crippen molar-refractivity contribution < 1.29 is 14.3 Å². The number of rotatable bonds is 3. The van der Waals surface area contributed by atoms with Gasteiger partial charge in [-0.15, -0.1) is 0 Å². The van der Waals surface area contributed by atoms with Crippen LogP contribution in [0.3, 0.4) is 0 Å². The van der Waals surface area contributed by atoms with Crippen molar-refractivity contribution in [3.05, 3.63) is 46.8 Å². The Kier molecular flexibility index (Phi) is 4.68. The average molecular weight is 355 g/mol. The van der Waals surface area contributed by atoms with Crippen molar-refractivity contribution in [3.8, 4) is 0 Å². The Labute approximate surface area is 150 Å². The predicted octanol–water partition coefficient (Wildman–Crippen LogP) is 0.780. The van der Waals surface area contributed by atoms with E-state index in [0.717, 1.165) is 24.2 Å². The molecule has 0 spiro atoms. The number of aromatic amines is 1. The number of para-hydroxylation sites is 1. The van der Waals surface area contributed by atoms with Gasteiger partial charge in [0, 0.05) is 43.9 Å². The van der Waals surface area contributed by atoms with Gasteiger partial charge in [0.1, 0.15) is 0 Å². The molecule has 1 aromatic heterocycles. The fraction of sp³-hybridized carbons (Fsp3) is 0.389. The summed E-state index contributed by atoms with van der Waals surface area (Å²) < 4.78 is 5.30. The van der Waals surface area contributed by atoms with E-state index < -0.39 is 0 Å². The smallest absolute Gasteiger partial charge is 0.276 e. The minimum atomic E-state index is -0.312. The Hall–Kier alpha value is -2.71. The van der Waals surface area contributed by atoms with Crippen LogP contribution >= 0.6 is 0 Å². The number of nitrogens with one attached hydrogen (secondary N) is 3. The van der Waals surface area contributed by atoms with E-state index in [-0.39, 0.29) is 11.8 Å². The second-order valence-electron chi connectivity index (χ2n) is 6.36. The van der Waals surface area contributed by atoms with E-state index in [4.69, 9.17) is 4.74 Å². The zero-order valence-electron chi connectivity index (χ0n) is 14.4. The zero-order chi connectivity index (χ0) is 17.9. The summed E-state index contributed by atoms with van der Waals surface area (Å²) in [6, 6.07) is 7.06. The second-order valence-corrected chi connectivity index (χ2v) is 6.36. The summed E-state index contributed by atoms with van der Waals surface area (Å²) in [7, 11) is 0. The number of hydrogen-bond acceptors (Lipinski definition) is 5. The number of fused-ring (bicyclic) bond motifs is 1. The van der Waals surface area contributed by atoms with Gasteiger partial charge in [-0.2, -0.15) is 5.10 Å². The molecule has 0 unspecified atom stereocenters. The summed E-state index contributed by atoms with van der Waals surface area (Å²) in [4.78, 5) is 27.3. The predicted molar refractivity (Wildman–Crippen MR) is 95.1 cm³/mol. The van der Waals surface area contributed by atoms with Gasteiger partial charge in [0.25, 0.3) is 11.8 Å². The summed E-state index contributed by atoms with van der Waals surface area (Å²) in [5, 5.41) is 13.2. The number of nitrogens with zero attached hydrogens (tertiary/aromatic N) is 2. The molecule has 2 amide bonds. The fourth-order valence-electron chi connectivity index (χ4n) is 3.31. The van der Waals surface area contributed by atoms with Crippen LogP contribution in [-0.2, 0) is 17.7 Å². The minimum Gasteiger partial charge on any atom is -0.378 e. The first-order valence-corrected chi connectivity index (χ1v) is 8.78. The minimum absolute atomic E-state index is 0.102. The van der Waals surface area contributed by atoms with Gasteiger partial charge in [-0.05, 0) is 12.1 Å². The summed E-state index contributed by atoms with van der Waals surface area (Å²) >= 11 is 0. The molecule has 2 aromatic rings. The lowest BCUT2D eigenvalue weighted by atomic mass is 10.1.